The van der Waals surface area contributed by atoms with E-state index < -0.39 is 23.0 Å². The largest absolute Gasteiger partial charge is 0.508 e. The summed E-state index contributed by atoms with van der Waals surface area (Å²) in [5.41, 5.74) is 4.70. The molecule has 10 nitrogen and oxygen atoms in total. The van der Waals surface area contributed by atoms with Crippen LogP contribution in [0, 0.1) is 0 Å². The molecule has 0 saturated heterocycles. The van der Waals surface area contributed by atoms with Gasteiger partial charge in [-0.2, -0.15) is 0 Å². The first-order chi connectivity index (χ1) is 25.0. The van der Waals surface area contributed by atoms with Crippen LogP contribution in [-0.4, -0.2) is 40.9 Å². The molecule has 6 rings (SSSR count). The first kappa shape index (κ1) is 35.2. The molecule has 0 saturated carbocycles. The van der Waals surface area contributed by atoms with Crippen molar-refractivity contribution in [1.82, 2.24) is 0 Å². The van der Waals surface area contributed by atoms with Crippen LogP contribution in [0.5, 0.6) is 69.0 Å². The Hall–Kier alpha value is -6.68. The Labute approximate surface area is 299 Å². The first-order valence-electron chi connectivity index (χ1n) is 16.7. The van der Waals surface area contributed by atoms with Crippen molar-refractivity contribution >= 4 is 0 Å². The van der Waals surface area contributed by atoms with Gasteiger partial charge >= 0.3 is 0 Å². The maximum Gasteiger partial charge on any atom is 0.201 e. The van der Waals surface area contributed by atoms with Crippen LogP contribution >= 0.6 is 0 Å². The molecule has 8 N–H and O–H groups in total. The van der Waals surface area contributed by atoms with Crippen molar-refractivity contribution in [2.75, 3.05) is 0 Å². The number of aryl methyl sites for hydroxylation is 6. The fraction of sp³-hybridized carbons (Fsp3) is 0.143. The van der Waals surface area contributed by atoms with E-state index in [-0.39, 0.29) is 46.0 Å². The van der Waals surface area contributed by atoms with Crippen LogP contribution in [0.3, 0.4) is 0 Å². The minimum absolute atomic E-state index is 0.0765. The summed E-state index contributed by atoms with van der Waals surface area (Å²) >= 11 is 0. The molecule has 0 radical (unpaired) electrons. The van der Waals surface area contributed by atoms with Crippen molar-refractivity contribution in [3.8, 4) is 69.0 Å². The van der Waals surface area contributed by atoms with E-state index in [4.69, 9.17) is 9.47 Å². The van der Waals surface area contributed by atoms with Gasteiger partial charge in [-0.05, 0) is 145 Å². The zero-order chi connectivity index (χ0) is 36.8. The second-order valence-electron chi connectivity index (χ2n) is 12.6. The van der Waals surface area contributed by atoms with E-state index in [1.54, 1.807) is 60.7 Å². The number of phenols is 8. The Morgan fingerprint density at radius 2 is 0.654 bits per heavy atom. The van der Waals surface area contributed by atoms with Crippen LogP contribution in [0.25, 0.3) is 0 Å². The van der Waals surface area contributed by atoms with Gasteiger partial charge in [0, 0.05) is 0 Å². The topological polar surface area (TPSA) is 180 Å². The summed E-state index contributed by atoms with van der Waals surface area (Å²) in [7, 11) is 0. The van der Waals surface area contributed by atoms with Crippen molar-refractivity contribution in [3.05, 3.63) is 143 Å². The molecule has 0 atom stereocenters. The smallest absolute Gasteiger partial charge is 0.201 e. The Kier molecular flexibility index (Phi) is 10.5. The number of hydrogen-bond donors (Lipinski definition) is 8. The van der Waals surface area contributed by atoms with Crippen molar-refractivity contribution in [3.63, 3.8) is 0 Å². The molecule has 0 aromatic heterocycles. The molecular weight excluding hydrogens is 664 g/mol. The predicted molar refractivity (Wildman–Crippen MR) is 194 cm³/mol. The molecule has 0 fully saturated rings. The number of phenolic OH excluding ortho intramolecular Hbond substituents is 8. The molecule has 0 amide bonds. The summed E-state index contributed by atoms with van der Waals surface area (Å²) in [6.07, 6.45) is 3.06. The number of hydrogen-bond acceptors (Lipinski definition) is 10. The Morgan fingerprint density at radius 1 is 0.308 bits per heavy atom. The fourth-order valence-corrected chi connectivity index (χ4v) is 5.86. The Bertz CT molecular complexity index is 2050. The Balaban J connectivity index is 1.14. The second kappa shape index (κ2) is 15.5. The van der Waals surface area contributed by atoms with Crippen molar-refractivity contribution in [2.24, 2.45) is 0 Å². The van der Waals surface area contributed by atoms with E-state index in [0.717, 1.165) is 22.3 Å². The molecule has 52 heavy (non-hydrogen) atoms. The van der Waals surface area contributed by atoms with Crippen LogP contribution < -0.4 is 9.47 Å². The van der Waals surface area contributed by atoms with Crippen molar-refractivity contribution in [2.45, 2.75) is 38.5 Å². The molecule has 0 aliphatic heterocycles. The van der Waals surface area contributed by atoms with Crippen LogP contribution in [0.1, 0.15) is 33.4 Å². The van der Waals surface area contributed by atoms with E-state index in [9.17, 15) is 40.9 Å². The lowest BCUT2D eigenvalue weighted by Gasteiger charge is -2.15. The summed E-state index contributed by atoms with van der Waals surface area (Å²) in [5, 5.41) is 82.8. The highest BCUT2D eigenvalue weighted by Crippen LogP contribution is 2.44. The van der Waals surface area contributed by atoms with E-state index in [1.807, 2.05) is 12.1 Å². The standard InChI is InChI=1S/C42H38O10/c43-31-5-1-3-25(17-31)7-9-27-13-15-33(45)37(21-27)51-39-23-29(19-35(47)41(39)49)11-12-30-20-36(48)42(50)40(24-30)52-38-22-28(14-16-34(38)46)10-8-26-4-2-6-32(44)18-26/h1-6,13-24,43-50H,7-12H2. The molecule has 6 aromatic carbocycles. The third-order valence-corrected chi connectivity index (χ3v) is 8.65. The molecule has 6 aromatic rings. The average molecular weight is 703 g/mol. The lowest BCUT2D eigenvalue weighted by atomic mass is 10.0. The minimum atomic E-state index is -0.504. The highest BCUT2D eigenvalue weighted by molar-refractivity contribution is 5.57. The highest BCUT2D eigenvalue weighted by atomic mass is 16.5. The number of aromatic hydroxyl groups is 8. The van der Waals surface area contributed by atoms with Gasteiger partial charge in [0.25, 0.3) is 0 Å². The molecule has 0 bridgehead atoms. The highest BCUT2D eigenvalue weighted by Gasteiger charge is 2.17. The van der Waals surface area contributed by atoms with Crippen LogP contribution in [-0.2, 0) is 38.5 Å². The maximum atomic E-state index is 10.6. The van der Waals surface area contributed by atoms with E-state index in [2.05, 4.69) is 0 Å². The molecule has 0 spiro atoms. The monoisotopic (exact) mass is 702 g/mol. The minimum Gasteiger partial charge on any atom is -0.508 e. The van der Waals surface area contributed by atoms with E-state index >= 15 is 0 Å². The third-order valence-electron chi connectivity index (χ3n) is 8.65. The normalized spacial score (nSPS) is 11.0. The van der Waals surface area contributed by atoms with Gasteiger partial charge in [0.2, 0.25) is 11.5 Å². The second-order valence-corrected chi connectivity index (χ2v) is 12.6. The van der Waals surface area contributed by atoms with Gasteiger partial charge in [0.1, 0.15) is 11.5 Å². The molecule has 0 aliphatic carbocycles. The molecule has 0 aliphatic rings. The van der Waals surface area contributed by atoms with Crippen LogP contribution in [0.2, 0.25) is 0 Å². The van der Waals surface area contributed by atoms with Crippen LogP contribution in [0.4, 0.5) is 0 Å². The molecule has 266 valence electrons. The average Bonchev–Trinajstić information content (AvgIpc) is 3.12. The summed E-state index contributed by atoms with van der Waals surface area (Å²) < 4.78 is 11.8. The zero-order valence-electron chi connectivity index (χ0n) is 28.0. The molecule has 0 unspecified atom stereocenters. The Morgan fingerprint density at radius 3 is 1.04 bits per heavy atom. The quantitative estimate of drug-likeness (QED) is 0.0546. The first-order valence-corrected chi connectivity index (χ1v) is 16.7. The number of benzene rings is 6. The maximum absolute atomic E-state index is 10.6. The van der Waals surface area contributed by atoms with Gasteiger partial charge in [-0.3, -0.25) is 0 Å². The van der Waals surface area contributed by atoms with Gasteiger partial charge in [0.05, 0.1) is 0 Å². The van der Waals surface area contributed by atoms with Crippen molar-refractivity contribution < 1.29 is 50.3 Å². The van der Waals surface area contributed by atoms with Gasteiger partial charge in [-0.1, -0.05) is 36.4 Å². The SMILES string of the molecule is Oc1cccc(CCc2ccc(O)c(Oc3cc(CCc4cc(O)c(O)c(Oc5cc(CCc6cccc(O)c6)ccc5O)c4)cc(O)c3O)c2)c1. The summed E-state index contributed by atoms with van der Waals surface area (Å²) in [4.78, 5) is 0. The molecule has 0 heterocycles. The number of ether oxygens (including phenoxy) is 2. The summed E-state index contributed by atoms with van der Waals surface area (Å²) in [5.74, 6) is -1.82. The van der Waals surface area contributed by atoms with E-state index in [0.29, 0.717) is 49.7 Å². The molecular formula is C42H38O10. The van der Waals surface area contributed by atoms with Gasteiger partial charge < -0.3 is 50.3 Å². The lowest BCUT2D eigenvalue weighted by Crippen LogP contribution is -1.96. The molecule has 10 heteroatoms. The third kappa shape index (κ3) is 8.72. The zero-order valence-corrected chi connectivity index (χ0v) is 28.0. The van der Waals surface area contributed by atoms with Gasteiger partial charge in [0.15, 0.2) is 46.0 Å². The lowest BCUT2D eigenvalue weighted by molar-refractivity contribution is 0.361. The predicted octanol–water partition coefficient (Wildman–Crippen LogP) is 8.27. The van der Waals surface area contributed by atoms with E-state index in [1.165, 1.54) is 36.4 Å². The van der Waals surface area contributed by atoms with Gasteiger partial charge in [-0.15, -0.1) is 0 Å². The number of rotatable bonds is 13. The van der Waals surface area contributed by atoms with Crippen LogP contribution in [0.15, 0.2) is 109 Å². The van der Waals surface area contributed by atoms with Gasteiger partial charge in [-0.25, -0.2) is 0 Å². The summed E-state index contributed by atoms with van der Waals surface area (Å²) in [6.45, 7) is 0. The van der Waals surface area contributed by atoms with Crippen molar-refractivity contribution in [1.29, 1.82) is 0 Å². The fourth-order valence-electron chi connectivity index (χ4n) is 5.86. The summed E-state index contributed by atoms with van der Waals surface area (Å²) in [6, 6.07) is 29.5.